The summed E-state index contributed by atoms with van der Waals surface area (Å²) in [6.07, 6.45) is 0.818. The Bertz CT molecular complexity index is 686. The van der Waals surface area contributed by atoms with Gasteiger partial charge in [-0.25, -0.2) is 5.01 Å². The van der Waals surface area contributed by atoms with Crippen molar-refractivity contribution in [2.45, 2.75) is 11.3 Å². The van der Waals surface area contributed by atoms with Gasteiger partial charge in [0.15, 0.2) is 0 Å². The van der Waals surface area contributed by atoms with E-state index in [2.05, 4.69) is 21.0 Å². The highest BCUT2D eigenvalue weighted by Gasteiger charge is 2.21. The molecule has 0 N–H and O–H groups in total. The lowest BCUT2D eigenvalue weighted by molar-refractivity contribution is -0.127. The predicted molar refractivity (Wildman–Crippen MR) is 94.2 cm³/mol. The Kier molecular flexibility index (Phi) is 4.95. The van der Waals surface area contributed by atoms with E-state index in [4.69, 9.17) is 0 Å². The fourth-order valence-corrected chi connectivity index (χ4v) is 3.25. The van der Waals surface area contributed by atoms with Crippen molar-refractivity contribution in [3.05, 3.63) is 64.6 Å². The second kappa shape index (κ2) is 7.11. The smallest absolute Gasteiger partial charge is 0.253 e. The van der Waals surface area contributed by atoms with Crippen molar-refractivity contribution in [3.8, 4) is 0 Å². The van der Waals surface area contributed by atoms with E-state index in [1.807, 2.05) is 54.6 Å². The fourth-order valence-electron chi connectivity index (χ4n) is 2.22. The van der Waals surface area contributed by atoms with Crippen LogP contribution in [0.1, 0.15) is 12.0 Å². The molecule has 0 saturated heterocycles. The summed E-state index contributed by atoms with van der Waals surface area (Å²) in [6, 6.07) is 18.0. The number of thioether (sulfide) groups is 1. The summed E-state index contributed by atoms with van der Waals surface area (Å²) in [5, 5.41) is 6.06. The average molecular weight is 375 g/mol. The van der Waals surface area contributed by atoms with Crippen molar-refractivity contribution >= 4 is 39.3 Å². The maximum absolute atomic E-state index is 12.3. The Balaban J connectivity index is 1.59. The van der Waals surface area contributed by atoms with Crippen LogP contribution in [0, 0.1) is 0 Å². The predicted octanol–water partition coefficient (Wildman–Crippen LogP) is 4.18. The maximum atomic E-state index is 12.3. The number of hydrogen-bond acceptors (Lipinski definition) is 3. The second-order valence-electron chi connectivity index (χ2n) is 4.92. The number of benzene rings is 2. The SMILES string of the molecule is O=C(CSc1ccc(Br)cc1)N1CCC(c2ccccc2)=N1. The molecule has 0 fully saturated rings. The van der Waals surface area contributed by atoms with Gasteiger partial charge in [0.05, 0.1) is 18.0 Å². The van der Waals surface area contributed by atoms with Crippen molar-refractivity contribution in [1.29, 1.82) is 0 Å². The van der Waals surface area contributed by atoms with E-state index in [0.29, 0.717) is 12.3 Å². The fraction of sp³-hybridized carbons (Fsp3) is 0.176. The number of amides is 1. The number of carbonyl (C=O) groups is 1. The normalized spacial score (nSPS) is 14.0. The first kappa shape index (κ1) is 15.3. The molecule has 0 spiro atoms. The molecular weight excluding hydrogens is 360 g/mol. The minimum Gasteiger partial charge on any atom is -0.272 e. The standard InChI is InChI=1S/C17H15BrN2OS/c18-14-6-8-15(9-7-14)22-12-17(21)20-11-10-16(19-20)13-4-2-1-3-5-13/h1-9H,10-12H2. The van der Waals surface area contributed by atoms with Crippen LogP contribution in [0.4, 0.5) is 0 Å². The van der Waals surface area contributed by atoms with Gasteiger partial charge in [-0.05, 0) is 29.8 Å². The summed E-state index contributed by atoms with van der Waals surface area (Å²) < 4.78 is 1.04. The number of halogens is 1. The van der Waals surface area contributed by atoms with Crippen molar-refractivity contribution in [2.24, 2.45) is 5.10 Å². The van der Waals surface area contributed by atoms with E-state index in [-0.39, 0.29) is 5.91 Å². The molecular formula is C17H15BrN2OS. The number of hydrogen-bond donors (Lipinski definition) is 0. The Morgan fingerprint density at radius 1 is 1.14 bits per heavy atom. The molecule has 3 nitrogen and oxygen atoms in total. The molecule has 2 aromatic carbocycles. The summed E-state index contributed by atoms with van der Waals surface area (Å²) in [7, 11) is 0. The average Bonchev–Trinajstić information content (AvgIpc) is 3.05. The van der Waals surface area contributed by atoms with Crippen LogP contribution < -0.4 is 0 Å². The van der Waals surface area contributed by atoms with Crippen molar-refractivity contribution < 1.29 is 4.79 Å². The topological polar surface area (TPSA) is 32.7 Å². The molecule has 112 valence electrons. The van der Waals surface area contributed by atoms with Gasteiger partial charge in [0, 0.05) is 15.8 Å². The molecule has 0 saturated carbocycles. The summed E-state index contributed by atoms with van der Waals surface area (Å²) in [4.78, 5) is 13.3. The lowest BCUT2D eigenvalue weighted by atomic mass is 10.1. The maximum Gasteiger partial charge on any atom is 0.253 e. The monoisotopic (exact) mass is 374 g/mol. The molecule has 0 radical (unpaired) electrons. The largest absolute Gasteiger partial charge is 0.272 e. The molecule has 3 rings (SSSR count). The van der Waals surface area contributed by atoms with Crippen LogP contribution in [-0.2, 0) is 4.79 Å². The molecule has 0 unspecified atom stereocenters. The summed E-state index contributed by atoms with van der Waals surface area (Å²) in [6.45, 7) is 0.671. The molecule has 1 aliphatic heterocycles. The molecule has 22 heavy (non-hydrogen) atoms. The van der Waals surface area contributed by atoms with Crippen LogP contribution >= 0.6 is 27.7 Å². The van der Waals surface area contributed by atoms with Crippen LogP contribution in [0.3, 0.4) is 0 Å². The molecule has 2 aromatic rings. The zero-order valence-electron chi connectivity index (χ0n) is 11.9. The molecule has 1 aliphatic rings. The highest BCUT2D eigenvalue weighted by Crippen LogP contribution is 2.22. The Hall–Kier alpha value is -1.59. The lowest BCUT2D eigenvalue weighted by Gasteiger charge is -2.10. The Morgan fingerprint density at radius 2 is 1.86 bits per heavy atom. The first-order chi connectivity index (χ1) is 10.7. The van der Waals surface area contributed by atoms with Gasteiger partial charge in [-0.1, -0.05) is 46.3 Å². The van der Waals surface area contributed by atoms with Gasteiger partial charge < -0.3 is 0 Å². The third-order valence-corrected chi connectivity index (χ3v) is 4.90. The number of hydrazone groups is 1. The molecule has 0 bridgehead atoms. The molecule has 0 aromatic heterocycles. The number of carbonyl (C=O) groups excluding carboxylic acids is 1. The summed E-state index contributed by atoms with van der Waals surface area (Å²) >= 11 is 4.95. The summed E-state index contributed by atoms with van der Waals surface area (Å²) in [5.41, 5.74) is 2.08. The molecule has 1 amide bonds. The minimum absolute atomic E-state index is 0.0545. The Morgan fingerprint density at radius 3 is 2.59 bits per heavy atom. The first-order valence-electron chi connectivity index (χ1n) is 7.04. The van der Waals surface area contributed by atoms with Gasteiger partial charge >= 0.3 is 0 Å². The van der Waals surface area contributed by atoms with Crippen LogP contribution in [0.15, 0.2) is 69.1 Å². The first-order valence-corrected chi connectivity index (χ1v) is 8.82. The highest BCUT2D eigenvalue weighted by atomic mass is 79.9. The third kappa shape index (κ3) is 3.78. The summed E-state index contributed by atoms with van der Waals surface area (Å²) in [5.74, 6) is 0.464. The van der Waals surface area contributed by atoms with E-state index in [1.165, 1.54) is 11.8 Å². The molecule has 0 atom stereocenters. The van der Waals surface area contributed by atoms with Crippen molar-refractivity contribution in [1.82, 2.24) is 5.01 Å². The van der Waals surface area contributed by atoms with Gasteiger partial charge in [-0.3, -0.25) is 4.79 Å². The van der Waals surface area contributed by atoms with E-state index in [0.717, 1.165) is 27.1 Å². The van der Waals surface area contributed by atoms with Crippen molar-refractivity contribution in [3.63, 3.8) is 0 Å². The zero-order valence-corrected chi connectivity index (χ0v) is 14.3. The van der Waals surface area contributed by atoms with Gasteiger partial charge in [0.2, 0.25) is 0 Å². The van der Waals surface area contributed by atoms with Gasteiger partial charge in [0.25, 0.3) is 5.91 Å². The number of rotatable bonds is 4. The molecule has 5 heteroatoms. The van der Waals surface area contributed by atoms with E-state index >= 15 is 0 Å². The van der Waals surface area contributed by atoms with Crippen LogP contribution in [0.25, 0.3) is 0 Å². The lowest BCUT2D eigenvalue weighted by Crippen LogP contribution is -2.25. The number of nitrogens with zero attached hydrogens (tertiary/aromatic N) is 2. The Labute approximate surface area is 142 Å². The van der Waals surface area contributed by atoms with Crippen molar-refractivity contribution in [2.75, 3.05) is 12.3 Å². The van der Waals surface area contributed by atoms with E-state index in [9.17, 15) is 4.79 Å². The van der Waals surface area contributed by atoms with Crippen LogP contribution in [0.5, 0.6) is 0 Å². The van der Waals surface area contributed by atoms with Gasteiger partial charge in [-0.2, -0.15) is 5.10 Å². The zero-order chi connectivity index (χ0) is 15.4. The van der Waals surface area contributed by atoms with Crippen LogP contribution in [-0.4, -0.2) is 28.9 Å². The van der Waals surface area contributed by atoms with Gasteiger partial charge in [0.1, 0.15) is 0 Å². The second-order valence-corrected chi connectivity index (χ2v) is 6.89. The molecule has 1 heterocycles. The highest BCUT2D eigenvalue weighted by molar-refractivity contribution is 9.10. The van der Waals surface area contributed by atoms with Crippen LogP contribution in [0.2, 0.25) is 0 Å². The quantitative estimate of drug-likeness (QED) is 0.752. The third-order valence-electron chi connectivity index (χ3n) is 3.37. The van der Waals surface area contributed by atoms with E-state index in [1.54, 1.807) is 5.01 Å². The van der Waals surface area contributed by atoms with Gasteiger partial charge in [-0.15, -0.1) is 11.8 Å². The van der Waals surface area contributed by atoms with E-state index < -0.39 is 0 Å². The molecule has 0 aliphatic carbocycles. The minimum atomic E-state index is 0.0545.